The van der Waals surface area contributed by atoms with Gasteiger partial charge >= 0.3 is 122 Å². The van der Waals surface area contributed by atoms with Crippen LogP contribution < -0.4 is 0 Å². The van der Waals surface area contributed by atoms with Gasteiger partial charge in [0.2, 0.25) is 0 Å². The Morgan fingerprint density at radius 1 is 0.588 bits per heavy atom. The fourth-order valence-corrected chi connectivity index (χ4v) is 23.2. The fraction of sp³-hybridized carbons (Fsp3) is 1.00. The third-order valence-corrected chi connectivity index (χ3v) is 37.9. The third-order valence-electron chi connectivity index (χ3n) is 5.65. The van der Waals surface area contributed by atoms with E-state index in [1.807, 2.05) is 0 Å². The summed E-state index contributed by atoms with van der Waals surface area (Å²) in [5.41, 5.74) is 0. The van der Waals surface area contributed by atoms with Crippen LogP contribution in [0.15, 0.2) is 0 Å². The first-order valence-electron chi connectivity index (χ1n) is 8.46. The van der Waals surface area contributed by atoms with E-state index in [4.69, 9.17) is 1.37 Å². The van der Waals surface area contributed by atoms with Gasteiger partial charge in [0, 0.05) is 0 Å². The van der Waals surface area contributed by atoms with Crippen molar-refractivity contribution in [3.05, 3.63) is 0 Å². The summed E-state index contributed by atoms with van der Waals surface area (Å²) in [6.45, 7) is 14.5. The predicted molar refractivity (Wildman–Crippen MR) is 88.6 cm³/mol. The van der Waals surface area contributed by atoms with Crippen molar-refractivity contribution < 1.29 is 1.37 Å². The molecular formula is C15H36Sn2. The van der Waals surface area contributed by atoms with Crippen molar-refractivity contribution in [2.45, 2.75) is 83.4 Å². The Morgan fingerprint density at radius 2 is 0.824 bits per heavy atom. The molecule has 0 heterocycles. The molecule has 0 fully saturated rings. The summed E-state index contributed by atoms with van der Waals surface area (Å²) in [6, 6.07) is 0. The van der Waals surface area contributed by atoms with E-state index in [-0.39, 0.29) is 0 Å². The molecule has 0 aromatic carbocycles. The van der Waals surface area contributed by atoms with E-state index in [1.54, 1.807) is 0 Å². The van der Waals surface area contributed by atoms with E-state index in [0.29, 0.717) is 6.40 Å². The standard InChI is InChI=1S/C3H6.6C2H5.2Sn/c1-3-2;6*1-2;;/h1-3H2;6*1H2,2H3;;/i3D;;;;;;;;. The van der Waals surface area contributed by atoms with Crippen LogP contribution in [0.4, 0.5) is 0 Å². The van der Waals surface area contributed by atoms with Gasteiger partial charge in [0.25, 0.3) is 0 Å². The van der Waals surface area contributed by atoms with Gasteiger partial charge in [0.1, 0.15) is 0 Å². The molecule has 2 heteroatoms. The molecule has 0 aliphatic heterocycles. The van der Waals surface area contributed by atoms with Crippen LogP contribution in [-0.2, 0) is 0 Å². The third kappa shape index (κ3) is 5.62. The molecule has 0 aliphatic carbocycles. The SMILES string of the molecule is [2H]C([CH2][Sn]([CH2]C)([CH2]C)[CH2]C)[CH2][Sn]([CH2]C)([CH2]C)[CH2]C. The summed E-state index contributed by atoms with van der Waals surface area (Å²) >= 11 is -3.71. The molecule has 0 aromatic heterocycles. The first kappa shape index (κ1) is 16.7. The molecule has 0 amide bonds. The van der Waals surface area contributed by atoms with E-state index in [2.05, 4.69) is 41.5 Å². The van der Waals surface area contributed by atoms with Crippen LogP contribution in [0.5, 0.6) is 0 Å². The van der Waals surface area contributed by atoms with Gasteiger partial charge in [0.15, 0.2) is 0 Å². The number of hydrogen-bond donors (Lipinski definition) is 0. The van der Waals surface area contributed by atoms with Gasteiger partial charge < -0.3 is 0 Å². The molecule has 0 radical (unpaired) electrons. The van der Waals surface area contributed by atoms with Crippen molar-refractivity contribution in [1.82, 2.24) is 0 Å². The van der Waals surface area contributed by atoms with Gasteiger partial charge in [-0.2, -0.15) is 0 Å². The minimum atomic E-state index is -1.86. The average Bonchev–Trinajstić information content (AvgIpc) is 2.42. The van der Waals surface area contributed by atoms with Crippen LogP contribution in [0.25, 0.3) is 0 Å². The second kappa shape index (κ2) is 9.49. The maximum absolute atomic E-state index is 8.61. The summed E-state index contributed by atoms with van der Waals surface area (Å²) < 4.78 is 20.1. The van der Waals surface area contributed by atoms with Gasteiger partial charge in [-0.15, -0.1) is 0 Å². The normalized spacial score (nSPS) is 14.2. The monoisotopic (exact) mass is 457 g/mol. The predicted octanol–water partition coefficient (Wildman–Crippen LogP) is 6.39. The van der Waals surface area contributed by atoms with E-state index < -0.39 is 36.8 Å². The van der Waals surface area contributed by atoms with Crippen molar-refractivity contribution in [3.8, 4) is 0 Å². The second-order valence-electron chi connectivity index (χ2n) is 5.82. The Kier molecular flexibility index (Phi) is 9.30. The van der Waals surface area contributed by atoms with Crippen LogP contribution in [0.1, 0.15) is 49.3 Å². The molecule has 0 aromatic rings. The molecule has 104 valence electrons. The van der Waals surface area contributed by atoms with E-state index in [9.17, 15) is 0 Å². The Hall–Kier alpha value is 1.60. The molecule has 0 saturated heterocycles. The van der Waals surface area contributed by atoms with Crippen LogP contribution in [0.2, 0.25) is 35.5 Å². The summed E-state index contributed by atoms with van der Waals surface area (Å²) in [4.78, 5) is 0. The van der Waals surface area contributed by atoms with Crippen LogP contribution in [0.3, 0.4) is 0 Å². The molecule has 0 N–H and O–H groups in total. The zero-order valence-electron chi connectivity index (χ0n) is 14.2. The van der Waals surface area contributed by atoms with Crippen molar-refractivity contribution in [3.63, 3.8) is 0 Å². The first-order valence-corrected chi connectivity index (χ1v) is 24.0. The van der Waals surface area contributed by atoms with Gasteiger partial charge in [-0.25, -0.2) is 0 Å². The zero-order chi connectivity index (χ0) is 14.2. The Bertz CT molecular complexity index is 172. The Balaban J connectivity index is 4.61. The number of hydrogen-bond acceptors (Lipinski definition) is 0. The van der Waals surface area contributed by atoms with Crippen molar-refractivity contribution in [1.29, 1.82) is 0 Å². The quantitative estimate of drug-likeness (QED) is 0.335. The van der Waals surface area contributed by atoms with Crippen LogP contribution in [0, 0.1) is 0 Å². The minimum absolute atomic E-state index is 0.316. The molecule has 0 unspecified atom stereocenters. The van der Waals surface area contributed by atoms with Gasteiger partial charge in [-0.1, -0.05) is 0 Å². The molecule has 0 rings (SSSR count). The van der Waals surface area contributed by atoms with Crippen molar-refractivity contribution in [2.75, 3.05) is 0 Å². The first-order chi connectivity index (χ1) is 8.46. The average molecular weight is 455 g/mol. The number of rotatable bonds is 10. The molecule has 0 atom stereocenters. The summed E-state index contributed by atoms with van der Waals surface area (Å²) in [6.07, 6.45) is 0.316. The van der Waals surface area contributed by atoms with Gasteiger partial charge in [-0.05, 0) is 0 Å². The molecule has 17 heavy (non-hydrogen) atoms. The Labute approximate surface area is 120 Å². The summed E-state index contributed by atoms with van der Waals surface area (Å²) in [7, 11) is 0. The molecule has 0 spiro atoms. The molecule has 0 saturated carbocycles. The van der Waals surface area contributed by atoms with Crippen LogP contribution >= 0.6 is 0 Å². The fourth-order valence-electron chi connectivity index (χ4n) is 3.05. The van der Waals surface area contributed by atoms with Crippen molar-refractivity contribution >= 4 is 36.8 Å². The molecule has 0 aliphatic rings. The van der Waals surface area contributed by atoms with E-state index >= 15 is 0 Å². The Morgan fingerprint density at radius 3 is 1.00 bits per heavy atom. The summed E-state index contributed by atoms with van der Waals surface area (Å²) in [5, 5.41) is 0. The zero-order valence-corrected chi connectivity index (χ0v) is 18.9. The topological polar surface area (TPSA) is 0 Å². The van der Waals surface area contributed by atoms with E-state index in [1.165, 1.54) is 35.5 Å². The summed E-state index contributed by atoms with van der Waals surface area (Å²) in [5.74, 6) is 0. The molecule has 0 bridgehead atoms. The molecular weight excluding hydrogens is 418 g/mol. The molecule has 0 nitrogen and oxygen atoms in total. The maximum atomic E-state index is 8.61. The van der Waals surface area contributed by atoms with Gasteiger partial charge in [-0.3, -0.25) is 0 Å². The van der Waals surface area contributed by atoms with Crippen LogP contribution in [-0.4, -0.2) is 36.8 Å². The second-order valence-corrected chi connectivity index (χ2v) is 37.4. The van der Waals surface area contributed by atoms with Gasteiger partial charge in [0.05, 0.1) is 0 Å². The van der Waals surface area contributed by atoms with E-state index in [0.717, 1.165) is 0 Å². The van der Waals surface area contributed by atoms with Crippen molar-refractivity contribution in [2.24, 2.45) is 0 Å².